The first-order valence-electron chi connectivity index (χ1n) is 14.2. The van der Waals surface area contributed by atoms with Crippen LogP contribution in [0.4, 0.5) is 0 Å². The summed E-state index contributed by atoms with van der Waals surface area (Å²) in [4.78, 5) is 15.8. The van der Waals surface area contributed by atoms with E-state index < -0.39 is 5.54 Å². The molecule has 0 saturated carbocycles. The summed E-state index contributed by atoms with van der Waals surface area (Å²) < 4.78 is 0. The third kappa shape index (κ3) is 9.07. The molecule has 200 valence electrons. The van der Waals surface area contributed by atoms with E-state index in [9.17, 15) is 4.79 Å². The van der Waals surface area contributed by atoms with Crippen molar-refractivity contribution in [1.82, 2.24) is 26.2 Å². The Bertz CT molecular complexity index is 600. The Morgan fingerprint density at radius 3 is 2.29 bits per heavy atom. The van der Waals surface area contributed by atoms with E-state index in [-0.39, 0.29) is 17.5 Å². The van der Waals surface area contributed by atoms with Gasteiger partial charge in [-0.1, -0.05) is 20.3 Å². The first-order valence-corrected chi connectivity index (χ1v) is 14.2. The van der Waals surface area contributed by atoms with E-state index in [1.165, 1.54) is 32.2 Å². The summed E-state index contributed by atoms with van der Waals surface area (Å²) in [6, 6.07) is 1.67. The van der Waals surface area contributed by atoms with Gasteiger partial charge in [-0.25, -0.2) is 0 Å². The lowest BCUT2D eigenvalue weighted by Gasteiger charge is -2.47. The quantitative estimate of drug-likeness (QED) is 0.321. The van der Waals surface area contributed by atoms with Crippen LogP contribution >= 0.6 is 0 Å². The minimum absolute atomic E-state index is 0.168. The maximum absolute atomic E-state index is 13.0. The summed E-state index contributed by atoms with van der Waals surface area (Å²) in [5, 5.41) is 14.2. The summed E-state index contributed by atoms with van der Waals surface area (Å²) in [6.07, 6.45) is 9.25. The van der Waals surface area contributed by atoms with Crippen LogP contribution < -0.4 is 21.3 Å². The predicted octanol–water partition coefficient (Wildman–Crippen LogP) is 4.05. The van der Waals surface area contributed by atoms with Crippen LogP contribution in [0.15, 0.2) is 0 Å². The lowest BCUT2D eigenvalue weighted by Crippen LogP contribution is -2.64. The fourth-order valence-corrected chi connectivity index (χ4v) is 5.95. The summed E-state index contributed by atoms with van der Waals surface area (Å²) in [7, 11) is 0. The molecule has 2 aliphatic heterocycles. The number of nitrogens with one attached hydrogen (secondary N) is 4. The van der Waals surface area contributed by atoms with Crippen LogP contribution in [0, 0.1) is 5.92 Å². The Hall–Kier alpha value is -0.690. The Kier molecular flexibility index (Phi) is 11.8. The Morgan fingerprint density at radius 2 is 1.68 bits per heavy atom. The van der Waals surface area contributed by atoms with E-state index in [0.717, 1.165) is 57.3 Å². The van der Waals surface area contributed by atoms with Crippen molar-refractivity contribution in [2.24, 2.45) is 5.92 Å². The van der Waals surface area contributed by atoms with E-state index in [1.807, 2.05) is 13.8 Å². The summed E-state index contributed by atoms with van der Waals surface area (Å²) in [6.45, 7) is 22.2. The second-order valence-corrected chi connectivity index (χ2v) is 12.6. The van der Waals surface area contributed by atoms with Gasteiger partial charge in [0.15, 0.2) is 0 Å². The highest BCUT2D eigenvalue weighted by Gasteiger charge is 2.40. The molecule has 0 spiro atoms. The van der Waals surface area contributed by atoms with Gasteiger partial charge in [-0.3, -0.25) is 9.69 Å². The molecule has 2 fully saturated rings. The van der Waals surface area contributed by atoms with Crippen molar-refractivity contribution in [2.75, 3.05) is 26.2 Å². The molecule has 34 heavy (non-hydrogen) atoms. The SMILES string of the molecule is CC(C)CC1CCCCN1C(C)(C)CNC(C)CCC(C)NC1(C(=O)NC(C)C)CCNCC1. The van der Waals surface area contributed by atoms with Crippen LogP contribution in [0.2, 0.25) is 0 Å². The minimum atomic E-state index is -0.437. The van der Waals surface area contributed by atoms with Crippen molar-refractivity contribution < 1.29 is 4.79 Å². The topological polar surface area (TPSA) is 68.4 Å². The Morgan fingerprint density at radius 1 is 1.03 bits per heavy atom. The van der Waals surface area contributed by atoms with Crippen LogP contribution in [0.3, 0.4) is 0 Å². The van der Waals surface area contributed by atoms with E-state index in [1.54, 1.807) is 0 Å². The van der Waals surface area contributed by atoms with Crippen molar-refractivity contribution in [2.45, 2.75) is 142 Å². The molecular formula is C28H57N5O. The molecule has 3 atom stereocenters. The number of amides is 1. The van der Waals surface area contributed by atoms with E-state index in [2.05, 4.69) is 67.7 Å². The van der Waals surface area contributed by atoms with Crippen LogP contribution in [-0.2, 0) is 4.79 Å². The second-order valence-electron chi connectivity index (χ2n) is 12.6. The molecule has 3 unspecified atom stereocenters. The fraction of sp³-hybridized carbons (Fsp3) is 0.964. The third-order valence-corrected chi connectivity index (χ3v) is 7.90. The highest BCUT2D eigenvalue weighted by Crippen LogP contribution is 2.29. The molecule has 0 aromatic rings. The van der Waals surface area contributed by atoms with E-state index >= 15 is 0 Å². The Balaban J connectivity index is 1.83. The highest BCUT2D eigenvalue weighted by atomic mass is 16.2. The largest absolute Gasteiger partial charge is 0.352 e. The molecule has 2 saturated heterocycles. The standard InChI is InChI=1S/C28H57N5O/c1-21(2)19-25-11-9-10-18-33(25)27(7,8)20-30-23(5)12-13-24(6)32-28(14-16-29-17-15-28)26(34)31-22(3)4/h21-25,29-30,32H,9-20H2,1-8H3,(H,31,34). The summed E-state index contributed by atoms with van der Waals surface area (Å²) in [5.74, 6) is 0.925. The van der Waals surface area contributed by atoms with Gasteiger partial charge < -0.3 is 21.3 Å². The van der Waals surface area contributed by atoms with Gasteiger partial charge in [-0.15, -0.1) is 0 Å². The second kappa shape index (κ2) is 13.6. The molecule has 0 aromatic carbocycles. The van der Waals surface area contributed by atoms with E-state index in [4.69, 9.17) is 0 Å². The van der Waals surface area contributed by atoms with Crippen LogP contribution in [0.25, 0.3) is 0 Å². The summed E-state index contributed by atoms with van der Waals surface area (Å²) >= 11 is 0. The van der Waals surface area contributed by atoms with Gasteiger partial charge >= 0.3 is 0 Å². The number of carbonyl (C=O) groups excluding carboxylic acids is 1. The first-order chi connectivity index (χ1) is 15.9. The Labute approximate surface area is 211 Å². The van der Waals surface area contributed by atoms with Crippen molar-refractivity contribution in [1.29, 1.82) is 0 Å². The molecule has 2 heterocycles. The van der Waals surface area contributed by atoms with Gasteiger partial charge in [-0.05, 0) is 112 Å². The molecule has 2 aliphatic rings. The number of hydrogen-bond donors (Lipinski definition) is 4. The third-order valence-electron chi connectivity index (χ3n) is 7.90. The smallest absolute Gasteiger partial charge is 0.240 e. The van der Waals surface area contributed by atoms with Gasteiger partial charge in [0.05, 0.1) is 0 Å². The normalized spacial score (nSPS) is 23.8. The first kappa shape index (κ1) is 29.5. The zero-order chi connectivity index (χ0) is 25.4. The molecular weight excluding hydrogens is 422 g/mol. The van der Waals surface area contributed by atoms with Crippen molar-refractivity contribution in [3.8, 4) is 0 Å². The maximum Gasteiger partial charge on any atom is 0.240 e. The van der Waals surface area contributed by atoms with Gasteiger partial charge in [0.1, 0.15) is 5.54 Å². The monoisotopic (exact) mass is 479 g/mol. The van der Waals surface area contributed by atoms with Crippen LogP contribution in [0.1, 0.15) is 107 Å². The van der Waals surface area contributed by atoms with E-state index in [0.29, 0.717) is 12.1 Å². The molecule has 1 amide bonds. The van der Waals surface area contributed by atoms with Crippen molar-refractivity contribution >= 4 is 5.91 Å². The molecule has 4 N–H and O–H groups in total. The maximum atomic E-state index is 13.0. The minimum Gasteiger partial charge on any atom is -0.352 e. The zero-order valence-electron chi connectivity index (χ0n) is 23.7. The lowest BCUT2D eigenvalue weighted by molar-refractivity contribution is -0.129. The van der Waals surface area contributed by atoms with Gasteiger partial charge in [0.2, 0.25) is 5.91 Å². The number of piperidine rings is 2. The molecule has 6 nitrogen and oxygen atoms in total. The molecule has 2 rings (SSSR count). The van der Waals surface area contributed by atoms with Crippen LogP contribution in [0.5, 0.6) is 0 Å². The van der Waals surface area contributed by atoms with Gasteiger partial charge in [-0.2, -0.15) is 0 Å². The van der Waals surface area contributed by atoms with Gasteiger partial charge in [0, 0.05) is 36.3 Å². The average Bonchev–Trinajstić information content (AvgIpc) is 2.76. The molecule has 0 radical (unpaired) electrons. The molecule has 0 bridgehead atoms. The number of carbonyl (C=O) groups is 1. The lowest BCUT2D eigenvalue weighted by atomic mass is 9.85. The van der Waals surface area contributed by atoms with Gasteiger partial charge in [0.25, 0.3) is 0 Å². The zero-order valence-corrected chi connectivity index (χ0v) is 23.7. The van der Waals surface area contributed by atoms with Crippen molar-refractivity contribution in [3.05, 3.63) is 0 Å². The highest BCUT2D eigenvalue weighted by molar-refractivity contribution is 5.86. The predicted molar refractivity (Wildman–Crippen MR) is 145 cm³/mol. The number of nitrogens with zero attached hydrogens (tertiary/aromatic N) is 1. The molecule has 6 heteroatoms. The number of likely N-dealkylation sites (tertiary alicyclic amines) is 1. The number of rotatable bonds is 13. The average molecular weight is 480 g/mol. The molecule has 0 aromatic heterocycles. The van der Waals surface area contributed by atoms with Crippen LogP contribution in [-0.4, -0.2) is 72.2 Å². The molecule has 0 aliphatic carbocycles. The fourth-order valence-electron chi connectivity index (χ4n) is 5.95. The number of hydrogen-bond acceptors (Lipinski definition) is 5. The van der Waals surface area contributed by atoms with Crippen molar-refractivity contribution in [3.63, 3.8) is 0 Å². The summed E-state index contributed by atoms with van der Waals surface area (Å²) in [5.41, 5.74) is -0.264.